The van der Waals surface area contributed by atoms with Crippen molar-refractivity contribution in [2.45, 2.75) is 18.9 Å². The van der Waals surface area contributed by atoms with E-state index >= 15 is 0 Å². The maximum atomic E-state index is 6.24. The molecule has 0 heterocycles. The first-order valence-electron chi connectivity index (χ1n) is 6.81. The van der Waals surface area contributed by atoms with Crippen LogP contribution in [-0.2, 0) is 12.8 Å². The highest BCUT2D eigenvalue weighted by atomic mass is 35.5. The van der Waals surface area contributed by atoms with E-state index in [-0.39, 0.29) is 6.04 Å². The summed E-state index contributed by atoms with van der Waals surface area (Å²) in [6, 6.07) is 16.5. The summed E-state index contributed by atoms with van der Waals surface area (Å²) in [5.41, 5.74) is 9.81. The van der Waals surface area contributed by atoms with Crippen molar-refractivity contribution in [3.63, 3.8) is 0 Å². The second kappa shape index (κ2) is 6.78. The van der Waals surface area contributed by atoms with Gasteiger partial charge in [0.05, 0.1) is 0 Å². The van der Waals surface area contributed by atoms with Crippen LogP contribution in [0.5, 0.6) is 0 Å². The summed E-state index contributed by atoms with van der Waals surface area (Å²) in [6.07, 6.45) is 1.66. The van der Waals surface area contributed by atoms with Crippen LogP contribution in [0.1, 0.15) is 11.1 Å². The van der Waals surface area contributed by atoms with E-state index in [1.807, 2.05) is 38.4 Å². The lowest BCUT2D eigenvalue weighted by Gasteiger charge is -2.15. The van der Waals surface area contributed by atoms with Crippen molar-refractivity contribution in [2.24, 2.45) is 5.73 Å². The molecule has 3 heteroatoms. The highest BCUT2D eigenvalue weighted by Crippen LogP contribution is 2.18. The smallest absolute Gasteiger partial charge is 0.0438 e. The van der Waals surface area contributed by atoms with E-state index in [1.165, 1.54) is 11.3 Å². The Balaban J connectivity index is 1.97. The fourth-order valence-corrected chi connectivity index (χ4v) is 2.46. The molecule has 0 bridgehead atoms. The molecule has 0 saturated heterocycles. The number of hydrogen-bond acceptors (Lipinski definition) is 2. The number of rotatable bonds is 5. The molecule has 0 amide bonds. The van der Waals surface area contributed by atoms with Gasteiger partial charge in [-0.2, -0.15) is 0 Å². The number of hydrogen-bond donors (Lipinski definition) is 1. The van der Waals surface area contributed by atoms with Gasteiger partial charge in [0.2, 0.25) is 0 Å². The van der Waals surface area contributed by atoms with Crippen molar-refractivity contribution in [1.82, 2.24) is 0 Å². The first kappa shape index (κ1) is 14.9. The molecule has 0 aliphatic carbocycles. The van der Waals surface area contributed by atoms with Crippen molar-refractivity contribution in [1.29, 1.82) is 0 Å². The molecule has 2 rings (SSSR count). The molecule has 2 aromatic carbocycles. The first-order chi connectivity index (χ1) is 9.56. The summed E-state index contributed by atoms with van der Waals surface area (Å²) in [5, 5.41) is 0.797. The molecule has 2 aromatic rings. The molecule has 0 saturated carbocycles. The zero-order valence-electron chi connectivity index (χ0n) is 12.0. The van der Waals surface area contributed by atoms with Gasteiger partial charge in [0.15, 0.2) is 0 Å². The van der Waals surface area contributed by atoms with Gasteiger partial charge in [-0.3, -0.25) is 0 Å². The molecule has 20 heavy (non-hydrogen) atoms. The molecule has 0 aliphatic rings. The number of halogens is 1. The minimum Gasteiger partial charge on any atom is -0.378 e. The van der Waals surface area contributed by atoms with Crippen molar-refractivity contribution >= 4 is 17.3 Å². The van der Waals surface area contributed by atoms with E-state index in [9.17, 15) is 0 Å². The van der Waals surface area contributed by atoms with Gasteiger partial charge in [-0.15, -0.1) is 0 Å². The Bertz CT molecular complexity index is 549. The van der Waals surface area contributed by atoms with Gasteiger partial charge >= 0.3 is 0 Å². The maximum Gasteiger partial charge on any atom is 0.0438 e. The monoisotopic (exact) mass is 288 g/mol. The topological polar surface area (TPSA) is 29.3 Å². The molecule has 0 fully saturated rings. The third-order valence-electron chi connectivity index (χ3n) is 3.39. The van der Waals surface area contributed by atoms with Crippen LogP contribution in [0, 0.1) is 0 Å². The minimum absolute atomic E-state index is 0.0834. The predicted octanol–water partition coefficient (Wildman–Crippen LogP) is 3.52. The fourth-order valence-electron chi connectivity index (χ4n) is 2.25. The van der Waals surface area contributed by atoms with Gasteiger partial charge in [-0.1, -0.05) is 41.9 Å². The summed E-state index contributed by atoms with van der Waals surface area (Å²) in [6.45, 7) is 0. The summed E-state index contributed by atoms with van der Waals surface area (Å²) in [7, 11) is 4.08. The lowest BCUT2D eigenvalue weighted by molar-refractivity contribution is 0.665. The Kier molecular flexibility index (Phi) is 5.05. The molecule has 0 aromatic heterocycles. The summed E-state index contributed by atoms with van der Waals surface area (Å²) < 4.78 is 0. The standard InChI is InChI=1S/C17H21ClN2/c1-20(2)16-9-7-13(8-10-16)11-15(19)12-14-5-3-4-6-17(14)18/h3-10,15H,11-12,19H2,1-2H3. The molecule has 106 valence electrons. The van der Waals surface area contributed by atoms with E-state index in [0.29, 0.717) is 0 Å². The zero-order chi connectivity index (χ0) is 14.5. The van der Waals surface area contributed by atoms with Crippen molar-refractivity contribution < 1.29 is 0 Å². The van der Waals surface area contributed by atoms with E-state index in [2.05, 4.69) is 29.2 Å². The quantitative estimate of drug-likeness (QED) is 0.912. The summed E-state index contributed by atoms with van der Waals surface area (Å²) in [4.78, 5) is 2.09. The van der Waals surface area contributed by atoms with Crippen LogP contribution >= 0.6 is 11.6 Å². The molecule has 0 spiro atoms. The van der Waals surface area contributed by atoms with Crippen LogP contribution in [0.4, 0.5) is 5.69 Å². The Hall–Kier alpha value is -1.51. The van der Waals surface area contributed by atoms with Gasteiger partial charge in [-0.25, -0.2) is 0 Å². The predicted molar refractivity (Wildman–Crippen MR) is 87.6 cm³/mol. The maximum absolute atomic E-state index is 6.24. The summed E-state index contributed by atoms with van der Waals surface area (Å²) >= 11 is 6.17. The molecule has 2 N–H and O–H groups in total. The van der Waals surface area contributed by atoms with Gasteiger partial charge in [-0.05, 0) is 42.2 Å². The zero-order valence-corrected chi connectivity index (χ0v) is 12.8. The van der Waals surface area contributed by atoms with Crippen molar-refractivity contribution in [3.05, 3.63) is 64.7 Å². The summed E-state index contributed by atoms with van der Waals surface area (Å²) in [5.74, 6) is 0. The van der Waals surface area contributed by atoms with E-state index in [4.69, 9.17) is 17.3 Å². The average molecular weight is 289 g/mol. The Morgan fingerprint density at radius 3 is 2.25 bits per heavy atom. The second-order valence-electron chi connectivity index (χ2n) is 5.32. The number of anilines is 1. The first-order valence-corrected chi connectivity index (χ1v) is 7.19. The minimum atomic E-state index is 0.0834. The molecule has 0 aliphatic heterocycles. The van der Waals surface area contributed by atoms with Crippen LogP contribution in [0.3, 0.4) is 0 Å². The van der Waals surface area contributed by atoms with Gasteiger partial charge in [0.25, 0.3) is 0 Å². The van der Waals surface area contributed by atoms with Crippen molar-refractivity contribution in [2.75, 3.05) is 19.0 Å². The Morgan fingerprint density at radius 2 is 1.65 bits per heavy atom. The van der Waals surface area contributed by atoms with Crippen LogP contribution in [0.15, 0.2) is 48.5 Å². The third kappa shape index (κ3) is 3.99. The fraction of sp³-hybridized carbons (Fsp3) is 0.294. The molecule has 2 nitrogen and oxygen atoms in total. The molecular formula is C17H21ClN2. The number of nitrogens with zero attached hydrogens (tertiary/aromatic N) is 1. The number of benzene rings is 2. The van der Waals surface area contributed by atoms with Crippen LogP contribution in [-0.4, -0.2) is 20.1 Å². The third-order valence-corrected chi connectivity index (χ3v) is 3.76. The second-order valence-corrected chi connectivity index (χ2v) is 5.73. The molecular weight excluding hydrogens is 268 g/mol. The van der Waals surface area contributed by atoms with E-state index in [1.54, 1.807) is 0 Å². The largest absolute Gasteiger partial charge is 0.378 e. The van der Waals surface area contributed by atoms with Crippen molar-refractivity contribution in [3.8, 4) is 0 Å². The van der Waals surface area contributed by atoms with E-state index in [0.717, 1.165) is 23.4 Å². The van der Waals surface area contributed by atoms with Crippen LogP contribution in [0.2, 0.25) is 5.02 Å². The normalized spacial score (nSPS) is 12.2. The van der Waals surface area contributed by atoms with Gasteiger partial charge < -0.3 is 10.6 Å². The molecule has 1 unspecified atom stereocenters. The number of nitrogens with two attached hydrogens (primary N) is 1. The lowest BCUT2D eigenvalue weighted by Crippen LogP contribution is -2.25. The average Bonchev–Trinajstić information content (AvgIpc) is 2.42. The SMILES string of the molecule is CN(C)c1ccc(CC(N)Cc2ccccc2Cl)cc1. The molecule has 0 radical (unpaired) electrons. The Morgan fingerprint density at radius 1 is 1.00 bits per heavy atom. The highest BCUT2D eigenvalue weighted by molar-refractivity contribution is 6.31. The highest BCUT2D eigenvalue weighted by Gasteiger charge is 2.08. The van der Waals surface area contributed by atoms with E-state index < -0.39 is 0 Å². The lowest BCUT2D eigenvalue weighted by atomic mass is 9.99. The van der Waals surface area contributed by atoms with Crippen LogP contribution in [0.25, 0.3) is 0 Å². The Labute approximate surface area is 126 Å². The van der Waals surface area contributed by atoms with Gasteiger partial charge in [0.1, 0.15) is 0 Å². The van der Waals surface area contributed by atoms with Gasteiger partial charge in [0, 0.05) is 30.8 Å². The molecule has 1 atom stereocenters. The van der Waals surface area contributed by atoms with Crippen LogP contribution < -0.4 is 10.6 Å².